The first-order valence-corrected chi connectivity index (χ1v) is 5.03. The average molecular weight is 269 g/mol. The first-order chi connectivity index (χ1) is 8.06. The monoisotopic (exact) mass is 268 g/mol. The van der Waals surface area contributed by atoms with Gasteiger partial charge >= 0.3 is 6.03 Å². The van der Waals surface area contributed by atoms with Crippen LogP contribution in [0.4, 0.5) is 4.79 Å². The molecule has 0 aliphatic carbocycles. The lowest BCUT2D eigenvalue weighted by Crippen LogP contribution is -2.40. The topological polar surface area (TPSA) is 96.6 Å². The lowest BCUT2D eigenvalue weighted by Gasteiger charge is -2.20. The van der Waals surface area contributed by atoms with Crippen molar-refractivity contribution in [2.45, 2.75) is 12.5 Å². The summed E-state index contributed by atoms with van der Waals surface area (Å²) in [6, 6.07) is 6.57. The Morgan fingerprint density at radius 2 is 1.89 bits per heavy atom. The first-order valence-electron chi connectivity index (χ1n) is 5.03. The zero-order valence-corrected chi connectivity index (χ0v) is 10.5. The van der Waals surface area contributed by atoms with E-state index in [9.17, 15) is 9.59 Å². The van der Waals surface area contributed by atoms with Gasteiger partial charge in [0, 0.05) is 0 Å². The molecule has 1 aromatic rings. The molecule has 0 spiro atoms. The summed E-state index contributed by atoms with van der Waals surface area (Å²) in [5.41, 5.74) is 0.509. The van der Waals surface area contributed by atoms with E-state index in [-0.39, 0.29) is 18.3 Å². The molecule has 7 heteroatoms. The van der Waals surface area contributed by atoms with Crippen molar-refractivity contribution in [1.29, 1.82) is 0 Å². The third kappa shape index (κ3) is 2.28. The van der Waals surface area contributed by atoms with Crippen LogP contribution in [-0.2, 0) is 10.3 Å². The molecule has 1 fully saturated rings. The van der Waals surface area contributed by atoms with Gasteiger partial charge in [-0.25, -0.2) is 4.79 Å². The zero-order chi connectivity index (χ0) is 12.5. The van der Waals surface area contributed by atoms with Crippen molar-refractivity contribution >= 4 is 30.6 Å². The average Bonchev–Trinajstić information content (AvgIpc) is 2.55. The third-order valence-corrected chi connectivity index (χ3v) is 2.76. The van der Waals surface area contributed by atoms with Crippen LogP contribution in [-0.4, -0.2) is 18.2 Å². The van der Waals surface area contributed by atoms with Crippen molar-refractivity contribution < 1.29 is 9.59 Å². The van der Waals surface area contributed by atoms with Crippen LogP contribution in [0.5, 0.6) is 0 Å². The summed E-state index contributed by atoms with van der Waals surface area (Å²) in [7, 11) is 0. The fraction of sp³-hybridized carbons (Fsp3) is 0.182. The standard InChI is InChI=1S/C11H12N4O2.ClH/c1-11(9(16)14-10(17)15-11)8-4-2-7(3-5-8)6-13-12;/h2-6H,12H2,1H3,(H2,14,15,16,17);1H/t11-;/m0./s1. The molecule has 1 heterocycles. The van der Waals surface area contributed by atoms with E-state index in [1.54, 1.807) is 31.2 Å². The predicted octanol–water partition coefficient (Wildman–Crippen LogP) is 0.456. The molecule has 3 amide bonds. The molecule has 0 radical (unpaired) electrons. The highest BCUT2D eigenvalue weighted by atomic mass is 35.5. The third-order valence-electron chi connectivity index (χ3n) is 2.76. The summed E-state index contributed by atoms with van der Waals surface area (Å²) in [6.07, 6.45) is 1.50. The number of amides is 3. The molecule has 1 saturated heterocycles. The van der Waals surface area contributed by atoms with Crippen LogP contribution in [0.25, 0.3) is 0 Å². The van der Waals surface area contributed by atoms with E-state index in [1.807, 2.05) is 0 Å². The number of carbonyl (C=O) groups is 2. The second kappa shape index (κ2) is 5.05. The van der Waals surface area contributed by atoms with Gasteiger partial charge in [-0.1, -0.05) is 24.3 Å². The highest BCUT2D eigenvalue weighted by Crippen LogP contribution is 2.24. The number of rotatable bonds is 2. The number of carbonyl (C=O) groups excluding carboxylic acids is 2. The largest absolute Gasteiger partial charge is 0.323 e. The smallest absolute Gasteiger partial charge is 0.322 e. The van der Waals surface area contributed by atoms with Gasteiger partial charge in [0.05, 0.1) is 6.21 Å². The number of nitrogens with zero attached hydrogens (tertiary/aromatic N) is 1. The molecule has 0 saturated carbocycles. The number of hydrazone groups is 1. The van der Waals surface area contributed by atoms with Gasteiger partial charge in [-0.15, -0.1) is 12.4 Å². The molecule has 4 N–H and O–H groups in total. The molecule has 6 nitrogen and oxygen atoms in total. The fourth-order valence-electron chi connectivity index (χ4n) is 1.74. The molecule has 0 aromatic heterocycles. The molecule has 1 aliphatic rings. The van der Waals surface area contributed by atoms with E-state index in [0.29, 0.717) is 5.56 Å². The van der Waals surface area contributed by atoms with Crippen LogP contribution in [0.2, 0.25) is 0 Å². The second-order valence-corrected chi connectivity index (χ2v) is 3.93. The predicted molar refractivity (Wildman–Crippen MR) is 69.5 cm³/mol. The maximum absolute atomic E-state index is 11.7. The van der Waals surface area contributed by atoms with Gasteiger partial charge in [-0.2, -0.15) is 5.10 Å². The van der Waals surface area contributed by atoms with Crippen molar-refractivity contribution in [2.24, 2.45) is 10.9 Å². The van der Waals surface area contributed by atoms with Crippen molar-refractivity contribution in [1.82, 2.24) is 10.6 Å². The fourth-order valence-corrected chi connectivity index (χ4v) is 1.74. The number of urea groups is 1. The van der Waals surface area contributed by atoms with E-state index in [0.717, 1.165) is 5.56 Å². The first kappa shape index (κ1) is 14.0. The lowest BCUT2D eigenvalue weighted by atomic mass is 9.92. The summed E-state index contributed by atoms with van der Waals surface area (Å²) in [6.45, 7) is 1.65. The highest BCUT2D eigenvalue weighted by molar-refractivity contribution is 6.07. The van der Waals surface area contributed by atoms with Crippen molar-refractivity contribution in [3.63, 3.8) is 0 Å². The molecule has 0 bridgehead atoms. The van der Waals surface area contributed by atoms with Crippen LogP contribution >= 0.6 is 12.4 Å². The van der Waals surface area contributed by atoms with Crippen LogP contribution in [0, 0.1) is 0 Å². The molecule has 18 heavy (non-hydrogen) atoms. The number of nitrogens with one attached hydrogen (secondary N) is 2. The van der Waals surface area contributed by atoms with Gasteiger partial charge in [0.25, 0.3) is 5.91 Å². The van der Waals surface area contributed by atoms with Gasteiger partial charge in [-0.05, 0) is 18.1 Å². The molecular formula is C11H13ClN4O2. The summed E-state index contributed by atoms with van der Waals surface area (Å²) in [5, 5.41) is 8.20. The van der Waals surface area contributed by atoms with Gasteiger partial charge in [0.1, 0.15) is 5.54 Å². The van der Waals surface area contributed by atoms with Crippen molar-refractivity contribution in [3.8, 4) is 0 Å². The Bertz CT molecular complexity index is 500. The SMILES string of the molecule is C[C@@]1(c2ccc(C=NN)cc2)NC(=O)NC1=O.Cl. The maximum atomic E-state index is 11.7. The minimum Gasteiger partial charge on any atom is -0.323 e. The van der Waals surface area contributed by atoms with Crippen molar-refractivity contribution in [2.75, 3.05) is 0 Å². The Kier molecular flexibility index (Phi) is 3.93. The van der Waals surface area contributed by atoms with E-state index in [4.69, 9.17) is 5.84 Å². The van der Waals surface area contributed by atoms with E-state index in [2.05, 4.69) is 15.7 Å². The second-order valence-electron chi connectivity index (χ2n) is 3.93. The Morgan fingerprint density at radius 3 is 2.33 bits per heavy atom. The summed E-state index contributed by atoms with van der Waals surface area (Å²) in [4.78, 5) is 22.8. The lowest BCUT2D eigenvalue weighted by molar-refractivity contribution is -0.123. The molecule has 1 atom stereocenters. The van der Waals surface area contributed by atoms with Crippen molar-refractivity contribution in [3.05, 3.63) is 35.4 Å². The minimum atomic E-state index is -1.02. The number of hydrogen-bond donors (Lipinski definition) is 3. The number of halogens is 1. The normalized spacial score (nSPS) is 22.5. The van der Waals surface area contributed by atoms with E-state index >= 15 is 0 Å². The van der Waals surface area contributed by atoms with Crippen LogP contribution in [0.15, 0.2) is 29.4 Å². The summed E-state index contributed by atoms with van der Waals surface area (Å²) < 4.78 is 0. The Labute approximate surface area is 110 Å². The van der Waals surface area contributed by atoms with Crippen LogP contribution in [0.1, 0.15) is 18.1 Å². The number of nitrogens with two attached hydrogens (primary N) is 1. The number of imide groups is 1. The molecular weight excluding hydrogens is 256 g/mol. The molecule has 0 unspecified atom stereocenters. The molecule has 1 aliphatic heterocycles. The quantitative estimate of drug-likeness (QED) is 0.315. The van der Waals surface area contributed by atoms with Gasteiger partial charge in [0.2, 0.25) is 0 Å². The summed E-state index contributed by atoms with van der Waals surface area (Å²) >= 11 is 0. The zero-order valence-electron chi connectivity index (χ0n) is 9.64. The van der Waals surface area contributed by atoms with E-state index < -0.39 is 11.6 Å². The van der Waals surface area contributed by atoms with Gasteiger partial charge in [-0.3, -0.25) is 10.1 Å². The minimum absolute atomic E-state index is 0. The van der Waals surface area contributed by atoms with Crippen LogP contribution in [0.3, 0.4) is 0 Å². The van der Waals surface area contributed by atoms with Gasteiger partial charge in [0.15, 0.2) is 0 Å². The van der Waals surface area contributed by atoms with Gasteiger partial charge < -0.3 is 11.2 Å². The molecule has 2 rings (SSSR count). The molecule has 1 aromatic carbocycles. The van der Waals surface area contributed by atoms with Crippen LogP contribution < -0.4 is 16.5 Å². The number of benzene rings is 1. The number of hydrogen-bond acceptors (Lipinski definition) is 4. The Balaban J connectivity index is 0.00000162. The highest BCUT2D eigenvalue weighted by Gasteiger charge is 2.43. The van der Waals surface area contributed by atoms with E-state index in [1.165, 1.54) is 6.21 Å². The molecule has 96 valence electrons. The Morgan fingerprint density at radius 1 is 1.28 bits per heavy atom. The maximum Gasteiger partial charge on any atom is 0.322 e. The Hall–Kier alpha value is -2.08. The summed E-state index contributed by atoms with van der Waals surface area (Å²) in [5.74, 6) is 4.68.